The largest absolute Gasteiger partial charge is 0.488 e. The summed E-state index contributed by atoms with van der Waals surface area (Å²) in [6.45, 7) is 4.68. The van der Waals surface area contributed by atoms with Crippen molar-refractivity contribution in [3.05, 3.63) is 106 Å². The number of benzene rings is 4. The lowest BCUT2D eigenvalue weighted by molar-refractivity contribution is 0.307. The number of hydrogen-bond acceptors (Lipinski definition) is 2. The summed E-state index contributed by atoms with van der Waals surface area (Å²) in [5.74, 6) is 0.814. The third-order valence-electron chi connectivity index (χ3n) is 4.93. The number of aryl methyl sites for hydroxylation is 2. The highest BCUT2D eigenvalue weighted by molar-refractivity contribution is 9.10. The molecule has 0 amide bonds. The van der Waals surface area contributed by atoms with Crippen LogP contribution in [-0.2, 0) is 6.61 Å². The van der Waals surface area contributed by atoms with Gasteiger partial charge < -0.3 is 4.74 Å². The number of rotatable bonds is 5. The summed E-state index contributed by atoms with van der Waals surface area (Å²) < 4.78 is 7.21. The number of fused-ring (bicyclic) bond motifs is 1. The summed E-state index contributed by atoms with van der Waals surface area (Å²) in [5, 5.41) is 2.44. The van der Waals surface area contributed by atoms with E-state index in [0.717, 1.165) is 27.0 Å². The van der Waals surface area contributed by atoms with E-state index in [-0.39, 0.29) is 0 Å². The molecule has 0 aliphatic carbocycles. The minimum atomic E-state index is 0.507. The smallest absolute Gasteiger partial charge is 0.128 e. The van der Waals surface area contributed by atoms with Gasteiger partial charge in [0.15, 0.2) is 0 Å². The lowest BCUT2D eigenvalue weighted by atomic mass is 10.1. The molecule has 0 saturated carbocycles. The molecule has 2 nitrogen and oxygen atoms in total. The zero-order valence-corrected chi connectivity index (χ0v) is 18.1. The van der Waals surface area contributed by atoms with Crippen molar-refractivity contribution in [3.63, 3.8) is 0 Å². The van der Waals surface area contributed by atoms with E-state index in [1.54, 1.807) is 0 Å². The van der Waals surface area contributed by atoms with Crippen LogP contribution < -0.4 is 4.74 Å². The van der Waals surface area contributed by atoms with Crippen molar-refractivity contribution >= 4 is 38.6 Å². The fraction of sp³-hybridized carbons (Fsp3) is 0.115. The van der Waals surface area contributed by atoms with Crippen LogP contribution in [0.5, 0.6) is 5.75 Å². The highest BCUT2D eigenvalue weighted by Crippen LogP contribution is 2.26. The normalized spacial score (nSPS) is 11.3. The van der Waals surface area contributed by atoms with Crippen molar-refractivity contribution in [2.24, 2.45) is 4.99 Å². The molecule has 0 saturated heterocycles. The van der Waals surface area contributed by atoms with Gasteiger partial charge in [-0.05, 0) is 60.0 Å². The van der Waals surface area contributed by atoms with Crippen molar-refractivity contribution < 1.29 is 4.74 Å². The predicted octanol–water partition coefficient (Wildman–Crippen LogP) is 7.55. The topological polar surface area (TPSA) is 21.6 Å². The Morgan fingerprint density at radius 3 is 2.59 bits per heavy atom. The molecular weight excluding hydrogens is 422 g/mol. The van der Waals surface area contributed by atoms with Gasteiger partial charge in [-0.3, -0.25) is 4.99 Å². The number of aliphatic imine (C=N–C) groups is 1. The molecule has 0 N–H and O–H groups in total. The first-order valence-corrected chi connectivity index (χ1v) is 10.4. The SMILES string of the molecule is Cc1ccc(N=Cc2cc(Br)ccc2OCc2cccc3ccccc23)c(C)c1. The summed E-state index contributed by atoms with van der Waals surface area (Å²) in [5.41, 5.74) is 5.48. The van der Waals surface area contributed by atoms with E-state index >= 15 is 0 Å². The zero-order valence-electron chi connectivity index (χ0n) is 16.5. The lowest BCUT2D eigenvalue weighted by Gasteiger charge is -2.12. The van der Waals surface area contributed by atoms with Gasteiger partial charge in [0.1, 0.15) is 12.4 Å². The monoisotopic (exact) mass is 443 g/mol. The third-order valence-corrected chi connectivity index (χ3v) is 5.42. The van der Waals surface area contributed by atoms with Crippen LogP contribution in [0.3, 0.4) is 0 Å². The standard InChI is InChI=1S/C26H22BrNO/c1-18-10-12-25(19(2)14-18)28-16-22-15-23(27)11-13-26(22)29-17-21-8-5-7-20-6-3-4-9-24(20)21/h3-16H,17H2,1-2H3. The van der Waals surface area contributed by atoms with E-state index in [9.17, 15) is 0 Å². The van der Waals surface area contributed by atoms with Gasteiger partial charge in [-0.2, -0.15) is 0 Å². The summed E-state index contributed by atoms with van der Waals surface area (Å²) in [7, 11) is 0. The van der Waals surface area contributed by atoms with Crippen LogP contribution in [0.25, 0.3) is 10.8 Å². The van der Waals surface area contributed by atoms with Gasteiger partial charge in [0.25, 0.3) is 0 Å². The van der Waals surface area contributed by atoms with Crippen LogP contribution in [0, 0.1) is 13.8 Å². The maximum atomic E-state index is 6.21. The van der Waals surface area contributed by atoms with Gasteiger partial charge in [-0.25, -0.2) is 0 Å². The van der Waals surface area contributed by atoms with Crippen molar-refractivity contribution in [1.82, 2.24) is 0 Å². The van der Waals surface area contributed by atoms with Crippen molar-refractivity contribution in [3.8, 4) is 5.75 Å². The minimum absolute atomic E-state index is 0.507. The lowest BCUT2D eigenvalue weighted by Crippen LogP contribution is -1.99. The Kier molecular flexibility index (Phi) is 5.77. The van der Waals surface area contributed by atoms with E-state index in [2.05, 4.69) is 90.4 Å². The second-order valence-electron chi connectivity index (χ2n) is 7.16. The van der Waals surface area contributed by atoms with Gasteiger partial charge in [0.2, 0.25) is 0 Å². The van der Waals surface area contributed by atoms with Crippen LogP contribution >= 0.6 is 15.9 Å². The Morgan fingerprint density at radius 1 is 0.897 bits per heavy atom. The highest BCUT2D eigenvalue weighted by atomic mass is 79.9. The van der Waals surface area contributed by atoms with Gasteiger partial charge in [0, 0.05) is 16.3 Å². The molecule has 0 fully saturated rings. The first-order chi connectivity index (χ1) is 14.1. The Labute approximate surface area is 180 Å². The summed E-state index contributed by atoms with van der Waals surface area (Å²) in [6.07, 6.45) is 1.88. The highest BCUT2D eigenvalue weighted by Gasteiger charge is 2.06. The van der Waals surface area contributed by atoms with Crippen LogP contribution in [0.15, 0.2) is 88.3 Å². The molecule has 4 rings (SSSR count). The van der Waals surface area contributed by atoms with Crippen molar-refractivity contribution in [2.75, 3.05) is 0 Å². The molecule has 0 atom stereocenters. The fourth-order valence-electron chi connectivity index (χ4n) is 3.41. The third kappa shape index (κ3) is 4.57. The van der Waals surface area contributed by atoms with Crippen LogP contribution in [0.4, 0.5) is 5.69 Å². The molecule has 0 aliphatic heterocycles. The number of hydrogen-bond donors (Lipinski definition) is 0. The summed E-state index contributed by atoms with van der Waals surface area (Å²) in [4.78, 5) is 4.70. The van der Waals surface area contributed by atoms with Crippen LogP contribution in [0.1, 0.15) is 22.3 Å². The molecule has 0 aromatic heterocycles. The number of ether oxygens (including phenoxy) is 1. The van der Waals surface area contributed by atoms with E-state index in [1.807, 2.05) is 24.4 Å². The van der Waals surface area contributed by atoms with Crippen molar-refractivity contribution in [1.29, 1.82) is 0 Å². The molecule has 3 heteroatoms. The molecule has 4 aromatic rings. The average molecular weight is 444 g/mol. The first kappa shape index (κ1) is 19.4. The Balaban J connectivity index is 1.60. The second-order valence-corrected chi connectivity index (χ2v) is 8.07. The van der Waals surface area contributed by atoms with Gasteiger partial charge in [0.05, 0.1) is 5.69 Å². The van der Waals surface area contributed by atoms with Gasteiger partial charge in [-0.15, -0.1) is 0 Å². The molecule has 29 heavy (non-hydrogen) atoms. The summed E-state index contributed by atoms with van der Waals surface area (Å²) in [6, 6.07) is 27.0. The maximum Gasteiger partial charge on any atom is 0.128 e. The van der Waals surface area contributed by atoms with E-state index in [0.29, 0.717) is 6.61 Å². The molecule has 144 valence electrons. The molecular formula is C26H22BrNO. The van der Waals surface area contributed by atoms with E-state index < -0.39 is 0 Å². The maximum absolute atomic E-state index is 6.21. The van der Waals surface area contributed by atoms with E-state index in [4.69, 9.17) is 9.73 Å². The van der Waals surface area contributed by atoms with Crippen LogP contribution in [0.2, 0.25) is 0 Å². The minimum Gasteiger partial charge on any atom is -0.488 e. The van der Waals surface area contributed by atoms with Gasteiger partial charge >= 0.3 is 0 Å². The first-order valence-electron chi connectivity index (χ1n) is 9.60. The molecule has 0 radical (unpaired) electrons. The Morgan fingerprint density at radius 2 is 1.72 bits per heavy atom. The predicted molar refractivity (Wildman–Crippen MR) is 126 cm³/mol. The average Bonchev–Trinajstić information content (AvgIpc) is 2.72. The van der Waals surface area contributed by atoms with E-state index in [1.165, 1.54) is 21.9 Å². The number of nitrogens with zero attached hydrogens (tertiary/aromatic N) is 1. The van der Waals surface area contributed by atoms with Crippen LogP contribution in [-0.4, -0.2) is 6.21 Å². The van der Waals surface area contributed by atoms with Gasteiger partial charge in [-0.1, -0.05) is 76.1 Å². The molecule has 4 aromatic carbocycles. The Bertz CT molecular complexity index is 1190. The molecule has 0 bridgehead atoms. The van der Waals surface area contributed by atoms with Crippen molar-refractivity contribution in [2.45, 2.75) is 20.5 Å². The quantitative estimate of drug-likeness (QED) is 0.291. The fourth-order valence-corrected chi connectivity index (χ4v) is 3.79. The summed E-state index contributed by atoms with van der Waals surface area (Å²) >= 11 is 3.56. The molecule has 0 unspecified atom stereocenters. The Hall–Kier alpha value is -2.91. The molecule has 0 spiro atoms. The molecule has 0 heterocycles. The second kappa shape index (κ2) is 8.62. The molecule has 0 aliphatic rings. The number of halogens is 1. The zero-order chi connectivity index (χ0) is 20.2.